The highest BCUT2D eigenvalue weighted by Gasteiger charge is 2.33. The van der Waals surface area contributed by atoms with Gasteiger partial charge in [-0.3, -0.25) is 9.59 Å². The van der Waals surface area contributed by atoms with Crippen molar-refractivity contribution in [3.05, 3.63) is 65.7 Å². The number of aryl methyl sites for hydroxylation is 1. The first-order valence-electron chi connectivity index (χ1n) is 9.94. The minimum absolute atomic E-state index is 0.0468. The van der Waals surface area contributed by atoms with Crippen LogP contribution in [0, 0.1) is 5.92 Å². The molecule has 28 heavy (non-hydrogen) atoms. The Balaban J connectivity index is 1.46. The molecule has 2 aromatic carbocycles. The monoisotopic (exact) mass is 380 g/mol. The minimum Gasteiger partial charge on any atom is -0.497 e. The van der Waals surface area contributed by atoms with Gasteiger partial charge in [0.1, 0.15) is 5.75 Å². The van der Waals surface area contributed by atoms with E-state index in [2.05, 4.69) is 22.8 Å². The van der Waals surface area contributed by atoms with Crippen LogP contribution in [0.1, 0.15) is 41.6 Å². The predicted octanol–water partition coefficient (Wildman–Crippen LogP) is 3.34. The largest absolute Gasteiger partial charge is 0.497 e. The summed E-state index contributed by atoms with van der Waals surface area (Å²) in [4.78, 5) is 25.1. The van der Waals surface area contributed by atoms with E-state index < -0.39 is 0 Å². The van der Waals surface area contributed by atoms with Crippen LogP contribution in [0.3, 0.4) is 0 Å². The standard InChI is InChI=1S/C23H28N2O3/c1-28-19-14-12-18(13-15-19)22(26)25-21-11-5-10-20(21)23(27)24-16-6-9-17-7-3-2-4-8-17/h2-4,7-8,12-15,20-21H,5-6,9-11,16H2,1H3,(H,24,27)(H,25,26)/t20-,21+/m0/s1. The van der Waals surface area contributed by atoms with Crippen molar-refractivity contribution in [3.8, 4) is 5.75 Å². The molecule has 1 aliphatic rings. The zero-order valence-corrected chi connectivity index (χ0v) is 16.3. The number of ether oxygens (including phenoxy) is 1. The maximum Gasteiger partial charge on any atom is 0.251 e. The quantitative estimate of drug-likeness (QED) is 0.690. The summed E-state index contributed by atoms with van der Waals surface area (Å²) in [5.41, 5.74) is 1.86. The van der Waals surface area contributed by atoms with Crippen molar-refractivity contribution < 1.29 is 14.3 Å². The highest BCUT2D eigenvalue weighted by molar-refractivity contribution is 5.95. The molecule has 2 N–H and O–H groups in total. The third kappa shape index (κ3) is 5.35. The van der Waals surface area contributed by atoms with Crippen LogP contribution in [0.4, 0.5) is 0 Å². The first-order chi connectivity index (χ1) is 13.7. The third-order valence-corrected chi connectivity index (χ3v) is 5.31. The van der Waals surface area contributed by atoms with Crippen molar-refractivity contribution in [2.75, 3.05) is 13.7 Å². The number of carbonyl (C=O) groups is 2. The van der Waals surface area contributed by atoms with Crippen LogP contribution in [0.15, 0.2) is 54.6 Å². The fourth-order valence-electron chi connectivity index (χ4n) is 3.72. The van der Waals surface area contributed by atoms with E-state index in [-0.39, 0.29) is 23.8 Å². The van der Waals surface area contributed by atoms with Gasteiger partial charge in [0.2, 0.25) is 5.91 Å². The maximum atomic E-state index is 12.6. The zero-order chi connectivity index (χ0) is 19.8. The lowest BCUT2D eigenvalue weighted by atomic mass is 10.0. The van der Waals surface area contributed by atoms with Gasteiger partial charge < -0.3 is 15.4 Å². The number of nitrogens with one attached hydrogen (secondary N) is 2. The second-order valence-corrected chi connectivity index (χ2v) is 7.23. The molecule has 2 amide bonds. The van der Waals surface area contributed by atoms with Gasteiger partial charge in [-0.2, -0.15) is 0 Å². The highest BCUT2D eigenvalue weighted by Crippen LogP contribution is 2.26. The summed E-state index contributed by atoms with van der Waals surface area (Å²) in [6.07, 6.45) is 4.46. The van der Waals surface area contributed by atoms with E-state index in [1.54, 1.807) is 31.4 Å². The van der Waals surface area contributed by atoms with E-state index in [9.17, 15) is 9.59 Å². The van der Waals surface area contributed by atoms with E-state index in [4.69, 9.17) is 4.74 Å². The third-order valence-electron chi connectivity index (χ3n) is 5.31. The number of methoxy groups -OCH3 is 1. The molecular weight excluding hydrogens is 352 g/mol. The van der Waals surface area contributed by atoms with Crippen molar-refractivity contribution in [2.24, 2.45) is 5.92 Å². The summed E-state index contributed by atoms with van der Waals surface area (Å²) in [6, 6.07) is 17.2. The summed E-state index contributed by atoms with van der Waals surface area (Å²) in [5.74, 6) is 0.464. The summed E-state index contributed by atoms with van der Waals surface area (Å²) < 4.78 is 5.12. The predicted molar refractivity (Wildman–Crippen MR) is 109 cm³/mol. The Kier molecular flexibility index (Phi) is 7.06. The number of amides is 2. The van der Waals surface area contributed by atoms with Crippen molar-refractivity contribution in [1.82, 2.24) is 10.6 Å². The van der Waals surface area contributed by atoms with E-state index in [1.165, 1.54) is 5.56 Å². The lowest BCUT2D eigenvalue weighted by Gasteiger charge is -2.20. The van der Waals surface area contributed by atoms with Crippen LogP contribution in [0.25, 0.3) is 0 Å². The summed E-state index contributed by atoms with van der Waals surface area (Å²) in [6.45, 7) is 0.656. The van der Waals surface area contributed by atoms with Gasteiger partial charge in [0, 0.05) is 18.2 Å². The van der Waals surface area contributed by atoms with Gasteiger partial charge in [-0.15, -0.1) is 0 Å². The van der Waals surface area contributed by atoms with Gasteiger partial charge in [-0.25, -0.2) is 0 Å². The summed E-state index contributed by atoms with van der Waals surface area (Å²) >= 11 is 0. The normalized spacial score (nSPS) is 18.5. The molecule has 5 nitrogen and oxygen atoms in total. The molecular formula is C23H28N2O3. The molecule has 3 rings (SSSR count). The van der Waals surface area contributed by atoms with Crippen LogP contribution in [0.5, 0.6) is 5.75 Å². The van der Waals surface area contributed by atoms with Crippen LogP contribution in [-0.4, -0.2) is 31.5 Å². The van der Waals surface area contributed by atoms with E-state index in [0.29, 0.717) is 17.9 Å². The van der Waals surface area contributed by atoms with Gasteiger partial charge >= 0.3 is 0 Å². The maximum absolute atomic E-state index is 12.6. The number of carbonyl (C=O) groups excluding carboxylic acids is 2. The molecule has 0 aliphatic heterocycles. The van der Waals surface area contributed by atoms with Gasteiger partial charge in [0.15, 0.2) is 0 Å². The molecule has 1 saturated carbocycles. The molecule has 1 aliphatic carbocycles. The smallest absolute Gasteiger partial charge is 0.251 e. The van der Waals surface area contributed by atoms with Crippen molar-refractivity contribution in [3.63, 3.8) is 0 Å². The lowest BCUT2D eigenvalue weighted by molar-refractivity contribution is -0.125. The summed E-state index contributed by atoms with van der Waals surface area (Å²) in [7, 11) is 1.59. The zero-order valence-electron chi connectivity index (χ0n) is 16.3. The Morgan fingerprint density at radius 1 is 1.04 bits per heavy atom. The van der Waals surface area contributed by atoms with Crippen LogP contribution in [-0.2, 0) is 11.2 Å². The first kappa shape index (κ1) is 19.9. The topological polar surface area (TPSA) is 67.4 Å². The molecule has 2 atom stereocenters. The number of hydrogen-bond acceptors (Lipinski definition) is 3. The van der Waals surface area contributed by atoms with E-state index in [0.717, 1.165) is 32.1 Å². The second-order valence-electron chi connectivity index (χ2n) is 7.23. The average molecular weight is 380 g/mol. The van der Waals surface area contributed by atoms with Crippen molar-refractivity contribution >= 4 is 11.8 Å². The van der Waals surface area contributed by atoms with Crippen molar-refractivity contribution in [1.29, 1.82) is 0 Å². The molecule has 2 aromatic rings. The summed E-state index contributed by atoms with van der Waals surface area (Å²) in [5, 5.41) is 6.09. The van der Waals surface area contributed by atoms with Gasteiger partial charge in [-0.1, -0.05) is 36.8 Å². The van der Waals surface area contributed by atoms with Crippen LogP contribution >= 0.6 is 0 Å². The minimum atomic E-state index is -0.154. The Hall–Kier alpha value is -2.82. The number of rotatable bonds is 8. The Morgan fingerprint density at radius 2 is 1.79 bits per heavy atom. The molecule has 0 spiro atoms. The van der Waals surface area contributed by atoms with E-state index in [1.807, 2.05) is 18.2 Å². The molecule has 0 aromatic heterocycles. The van der Waals surface area contributed by atoms with Gasteiger partial charge in [0.05, 0.1) is 13.0 Å². The molecule has 0 unspecified atom stereocenters. The molecule has 0 bridgehead atoms. The molecule has 0 radical (unpaired) electrons. The Bertz CT molecular complexity index is 774. The average Bonchev–Trinajstić information content (AvgIpc) is 3.20. The first-order valence-corrected chi connectivity index (χ1v) is 9.94. The number of hydrogen-bond donors (Lipinski definition) is 2. The fourth-order valence-corrected chi connectivity index (χ4v) is 3.72. The van der Waals surface area contributed by atoms with Crippen LogP contribution < -0.4 is 15.4 Å². The Labute approximate surface area is 166 Å². The molecule has 5 heteroatoms. The number of benzene rings is 2. The Morgan fingerprint density at radius 3 is 2.50 bits per heavy atom. The van der Waals surface area contributed by atoms with Gasteiger partial charge in [-0.05, 0) is 55.5 Å². The lowest BCUT2D eigenvalue weighted by Crippen LogP contribution is -2.44. The van der Waals surface area contributed by atoms with E-state index >= 15 is 0 Å². The second kappa shape index (κ2) is 9.93. The van der Waals surface area contributed by atoms with Crippen LogP contribution in [0.2, 0.25) is 0 Å². The molecule has 148 valence electrons. The highest BCUT2D eigenvalue weighted by atomic mass is 16.5. The fraction of sp³-hybridized carbons (Fsp3) is 0.391. The van der Waals surface area contributed by atoms with Gasteiger partial charge in [0.25, 0.3) is 5.91 Å². The molecule has 0 heterocycles. The molecule has 0 saturated heterocycles. The SMILES string of the molecule is COc1ccc(C(=O)N[C@@H]2CCC[C@@H]2C(=O)NCCCc2ccccc2)cc1. The van der Waals surface area contributed by atoms with Crippen molar-refractivity contribution in [2.45, 2.75) is 38.1 Å². The molecule has 1 fully saturated rings.